The maximum atomic E-state index is 14.5. The lowest BCUT2D eigenvalue weighted by atomic mass is 9.67. The van der Waals surface area contributed by atoms with Gasteiger partial charge in [-0.05, 0) is 68.1 Å². The van der Waals surface area contributed by atoms with E-state index in [-0.39, 0.29) is 17.2 Å². The molecule has 1 amide bonds. The Bertz CT molecular complexity index is 1250. The summed E-state index contributed by atoms with van der Waals surface area (Å²) >= 11 is 12.3. The zero-order valence-electron chi connectivity index (χ0n) is 21.2. The van der Waals surface area contributed by atoms with Crippen molar-refractivity contribution in [2.45, 2.75) is 70.2 Å². The lowest BCUT2D eigenvalue weighted by molar-refractivity contribution is -0.160. The van der Waals surface area contributed by atoms with Gasteiger partial charge >= 0.3 is 5.97 Å². The van der Waals surface area contributed by atoms with Crippen LogP contribution >= 0.6 is 23.2 Å². The molecule has 2 aromatic carbocycles. The molecule has 0 spiro atoms. The van der Waals surface area contributed by atoms with Crippen LogP contribution in [0.15, 0.2) is 42.5 Å². The van der Waals surface area contributed by atoms with Crippen molar-refractivity contribution in [3.8, 4) is 0 Å². The first kappa shape index (κ1) is 29.4. The van der Waals surface area contributed by atoms with Gasteiger partial charge in [-0.2, -0.15) is 0 Å². The number of hydrogen-bond acceptors (Lipinski definition) is 4. The maximum absolute atomic E-state index is 14.5. The summed E-state index contributed by atoms with van der Waals surface area (Å²) in [6.45, 7) is 6.54. The van der Waals surface area contributed by atoms with Gasteiger partial charge in [-0.15, -0.1) is 0 Å². The Morgan fingerprint density at radius 3 is 2.27 bits per heavy atom. The van der Waals surface area contributed by atoms with E-state index in [1.54, 1.807) is 58.0 Å². The summed E-state index contributed by atoms with van der Waals surface area (Å²) in [6.07, 6.45) is -0.0286. The largest absolute Gasteiger partial charge is 0.481 e. The minimum Gasteiger partial charge on any atom is -0.481 e. The highest BCUT2D eigenvalue weighted by Crippen LogP contribution is 2.52. The average Bonchev–Trinajstić information content (AvgIpc) is 2.78. The summed E-state index contributed by atoms with van der Waals surface area (Å²) in [4.78, 5) is 27.5. The molecule has 1 saturated heterocycles. The van der Waals surface area contributed by atoms with Crippen molar-refractivity contribution >= 4 is 44.9 Å². The standard InChI is InChI=1S/C27H32Cl2FNO5S/c1-5-22(15-37(35,36)16(2)3)31-25(17-6-8-19(28)9-7-17)23(18-10-20(29)12-21(30)11-18)13-27(4,26(31)34)14-24(32)33/h6-12,16,22-23,25H,5,13-15H2,1-4H3,(H,32,33)/t22?,23?,25-,27-/m1/s1. The molecular formula is C27H32Cl2FNO5S. The van der Waals surface area contributed by atoms with Gasteiger partial charge in [0.2, 0.25) is 5.91 Å². The molecule has 3 rings (SSSR count). The van der Waals surface area contributed by atoms with Crippen molar-refractivity contribution in [2.75, 3.05) is 5.75 Å². The van der Waals surface area contributed by atoms with E-state index in [1.165, 1.54) is 17.0 Å². The number of nitrogens with zero attached hydrogens (tertiary/aromatic N) is 1. The molecule has 2 aromatic rings. The zero-order chi connectivity index (χ0) is 27.7. The van der Waals surface area contributed by atoms with Crippen LogP contribution in [0.4, 0.5) is 4.39 Å². The number of carbonyl (C=O) groups excluding carboxylic acids is 1. The highest BCUT2D eigenvalue weighted by atomic mass is 35.5. The second-order valence-electron chi connectivity index (χ2n) is 10.3. The Morgan fingerprint density at radius 2 is 1.76 bits per heavy atom. The predicted molar refractivity (Wildman–Crippen MR) is 143 cm³/mol. The van der Waals surface area contributed by atoms with Gasteiger partial charge in [-0.3, -0.25) is 9.59 Å². The Morgan fingerprint density at radius 1 is 1.14 bits per heavy atom. The number of carboxylic acid groups (broad SMARTS) is 1. The van der Waals surface area contributed by atoms with Crippen LogP contribution < -0.4 is 0 Å². The highest BCUT2D eigenvalue weighted by molar-refractivity contribution is 7.92. The number of hydrogen-bond donors (Lipinski definition) is 1. The molecule has 2 unspecified atom stereocenters. The number of amides is 1. The second-order valence-corrected chi connectivity index (χ2v) is 13.8. The summed E-state index contributed by atoms with van der Waals surface area (Å²) in [5.74, 6) is -3.00. The van der Waals surface area contributed by atoms with Gasteiger partial charge in [-0.1, -0.05) is 49.2 Å². The van der Waals surface area contributed by atoms with Crippen molar-refractivity contribution in [1.29, 1.82) is 0 Å². The first-order valence-electron chi connectivity index (χ1n) is 12.2. The summed E-state index contributed by atoms with van der Waals surface area (Å²) in [7, 11) is -3.56. The second kappa shape index (κ2) is 11.3. The number of likely N-dealkylation sites (tertiary alicyclic amines) is 1. The van der Waals surface area contributed by atoms with E-state index >= 15 is 0 Å². The van der Waals surface area contributed by atoms with E-state index in [0.29, 0.717) is 22.6 Å². The van der Waals surface area contributed by atoms with E-state index in [0.717, 1.165) is 0 Å². The van der Waals surface area contributed by atoms with Gasteiger partial charge in [0.25, 0.3) is 0 Å². The molecule has 202 valence electrons. The van der Waals surface area contributed by atoms with Crippen LogP contribution in [-0.2, 0) is 19.4 Å². The van der Waals surface area contributed by atoms with Gasteiger partial charge in [0.05, 0.1) is 28.9 Å². The van der Waals surface area contributed by atoms with E-state index in [2.05, 4.69) is 0 Å². The fraction of sp³-hybridized carbons (Fsp3) is 0.481. The Balaban J connectivity index is 2.29. The smallest absolute Gasteiger partial charge is 0.304 e. The third kappa shape index (κ3) is 6.47. The molecule has 6 nitrogen and oxygen atoms in total. The van der Waals surface area contributed by atoms with Crippen LogP contribution in [0.5, 0.6) is 0 Å². The molecular weight excluding hydrogens is 540 g/mol. The van der Waals surface area contributed by atoms with E-state index < -0.39 is 62.6 Å². The average molecular weight is 573 g/mol. The zero-order valence-corrected chi connectivity index (χ0v) is 23.6. The van der Waals surface area contributed by atoms with E-state index in [1.807, 2.05) is 0 Å². The van der Waals surface area contributed by atoms with Crippen LogP contribution in [0.25, 0.3) is 0 Å². The molecule has 0 aliphatic carbocycles. The third-order valence-electron chi connectivity index (χ3n) is 7.18. The Hall–Kier alpha value is -2.16. The van der Waals surface area contributed by atoms with Crippen LogP contribution in [0, 0.1) is 11.2 Å². The van der Waals surface area contributed by atoms with Crippen LogP contribution in [-0.4, -0.2) is 47.3 Å². The molecule has 1 N–H and O–H groups in total. The number of rotatable bonds is 9. The highest BCUT2D eigenvalue weighted by Gasteiger charge is 2.52. The monoisotopic (exact) mass is 571 g/mol. The van der Waals surface area contributed by atoms with Gasteiger partial charge in [-0.25, -0.2) is 12.8 Å². The molecule has 0 bridgehead atoms. The number of benzene rings is 2. The number of carbonyl (C=O) groups is 2. The molecule has 10 heteroatoms. The van der Waals surface area contributed by atoms with Crippen LogP contribution in [0.3, 0.4) is 0 Å². The first-order valence-corrected chi connectivity index (χ1v) is 14.6. The Kier molecular flexibility index (Phi) is 8.97. The van der Waals surface area contributed by atoms with Crippen LogP contribution in [0.2, 0.25) is 10.0 Å². The lowest BCUT2D eigenvalue weighted by Crippen LogP contribution is -2.57. The third-order valence-corrected chi connectivity index (χ3v) is 9.93. The van der Waals surface area contributed by atoms with E-state index in [4.69, 9.17) is 23.2 Å². The van der Waals surface area contributed by atoms with Crippen molar-refractivity contribution in [3.05, 3.63) is 69.5 Å². The maximum Gasteiger partial charge on any atom is 0.304 e. The van der Waals surface area contributed by atoms with E-state index in [9.17, 15) is 27.5 Å². The molecule has 1 aliphatic heterocycles. The Labute approximate surface area is 227 Å². The summed E-state index contributed by atoms with van der Waals surface area (Å²) < 4.78 is 40.5. The predicted octanol–water partition coefficient (Wildman–Crippen LogP) is 6.27. The lowest BCUT2D eigenvalue weighted by Gasteiger charge is -2.51. The summed E-state index contributed by atoms with van der Waals surface area (Å²) in [5, 5.41) is 9.68. The van der Waals surface area contributed by atoms with Crippen LogP contribution in [0.1, 0.15) is 70.0 Å². The fourth-order valence-corrected chi connectivity index (χ4v) is 6.86. The topological polar surface area (TPSA) is 91.8 Å². The van der Waals surface area contributed by atoms with Crippen molar-refractivity contribution in [1.82, 2.24) is 4.90 Å². The van der Waals surface area contributed by atoms with Crippen molar-refractivity contribution < 1.29 is 27.5 Å². The van der Waals surface area contributed by atoms with Gasteiger partial charge in [0.15, 0.2) is 9.84 Å². The van der Waals surface area contributed by atoms with Gasteiger partial charge in [0, 0.05) is 22.0 Å². The molecule has 0 aromatic heterocycles. The van der Waals surface area contributed by atoms with Gasteiger partial charge in [0.1, 0.15) is 5.82 Å². The minimum atomic E-state index is -3.56. The molecule has 1 aliphatic rings. The minimum absolute atomic E-state index is 0.106. The number of aliphatic carboxylic acids is 1. The van der Waals surface area contributed by atoms with Crippen molar-refractivity contribution in [2.24, 2.45) is 5.41 Å². The normalized spacial score (nSPS) is 23.4. The quantitative estimate of drug-likeness (QED) is 0.382. The number of halogens is 3. The number of piperidine rings is 1. The van der Waals surface area contributed by atoms with Gasteiger partial charge < -0.3 is 10.0 Å². The molecule has 1 heterocycles. The molecule has 4 atom stereocenters. The molecule has 0 radical (unpaired) electrons. The molecule has 1 fully saturated rings. The molecule has 37 heavy (non-hydrogen) atoms. The molecule has 0 saturated carbocycles. The number of carboxylic acids is 1. The van der Waals surface area contributed by atoms with Crippen molar-refractivity contribution in [3.63, 3.8) is 0 Å². The summed E-state index contributed by atoms with van der Waals surface area (Å²) in [5.41, 5.74) is -0.172. The summed E-state index contributed by atoms with van der Waals surface area (Å²) in [6, 6.07) is 9.54. The number of sulfone groups is 1. The first-order chi connectivity index (χ1) is 17.2. The fourth-order valence-electron chi connectivity index (χ4n) is 5.19. The SMILES string of the molecule is CCC(CS(=O)(=O)C(C)C)N1C(=O)[C@@](C)(CC(=O)O)CC(c2cc(F)cc(Cl)c2)[C@H]1c1ccc(Cl)cc1.